The molecule has 0 bridgehead atoms. The molecule has 0 aromatic heterocycles. The zero-order valence-corrected chi connectivity index (χ0v) is 10.1. The van der Waals surface area contributed by atoms with Crippen LogP contribution in [0.15, 0.2) is 0 Å². The van der Waals surface area contributed by atoms with Crippen molar-refractivity contribution in [1.29, 1.82) is 0 Å². The van der Waals surface area contributed by atoms with E-state index in [9.17, 15) is 9.90 Å². The Morgan fingerprint density at radius 1 is 1.53 bits per heavy atom. The number of nitrogens with zero attached hydrogens (tertiary/aromatic N) is 1. The van der Waals surface area contributed by atoms with Gasteiger partial charge in [0.1, 0.15) is 0 Å². The van der Waals surface area contributed by atoms with Gasteiger partial charge in [-0.3, -0.25) is 4.79 Å². The van der Waals surface area contributed by atoms with E-state index in [0.717, 1.165) is 13.1 Å². The lowest BCUT2D eigenvalue weighted by Gasteiger charge is -2.28. The third-order valence-corrected chi connectivity index (χ3v) is 2.83. The molecule has 0 radical (unpaired) electrons. The zero-order valence-electron chi connectivity index (χ0n) is 10.1. The molecule has 88 valence electrons. The highest BCUT2D eigenvalue weighted by atomic mass is 16.3. The molecule has 0 aliphatic carbocycles. The van der Waals surface area contributed by atoms with E-state index in [1.54, 1.807) is 25.8 Å². The molecule has 2 N–H and O–H groups in total. The number of aliphatic hydroxyl groups is 1. The van der Waals surface area contributed by atoms with Crippen LogP contribution < -0.4 is 5.32 Å². The quantitative estimate of drug-likeness (QED) is 0.699. The highest BCUT2D eigenvalue weighted by Gasteiger charge is 2.32. The average molecular weight is 214 g/mol. The molecule has 0 saturated carbocycles. The maximum atomic E-state index is 12.0. The summed E-state index contributed by atoms with van der Waals surface area (Å²) in [5, 5.41) is 12.8. The third kappa shape index (κ3) is 3.47. The van der Waals surface area contributed by atoms with Crippen molar-refractivity contribution < 1.29 is 9.90 Å². The minimum absolute atomic E-state index is 0.0670. The largest absolute Gasteiger partial charge is 0.389 e. The van der Waals surface area contributed by atoms with Crippen LogP contribution in [0.2, 0.25) is 0 Å². The molecule has 0 aromatic carbocycles. The van der Waals surface area contributed by atoms with Crippen molar-refractivity contribution in [2.75, 3.05) is 26.7 Å². The van der Waals surface area contributed by atoms with Crippen molar-refractivity contribution in [3.63, 3.8) is 0 Å². The van der Waals surface area contributed by atoms with E-state index in [4.69, 9.17) is 0 Å². The maximum Gasteiger partial charge on any atom is 0.227 e. The van der Waals surface area contributed by atoms with E-state index < -0.39 is 5.60 Å². The van der Waals surface area contributed by atoms with E-state index in [-0.39, 0.29) is 11.8 Å². The summed E-state index contributed by atoms with van der Waals surface area (Å²) in [5.74, 6) is 0.591. The number of amides is 1. The first-order chi connectivity index (χ1) is 6.81. The average Bonchev–Trinajstić information content (AvgIpc) is 2.47. The molecule has 1 aliphatic rings. The third-order valence-electron chi connectivity index (χ3n) is 2.83. The summed E-state index contributed by atoms with van der Waals surface area (Å²) in [5.41, 5.74) is -0.820. The number of nitrogens with one attached hydrogen (secondary N) is 1. The van der Waals surface area contributed by atoms with Gasteiger partial charge in [-0.25, -0.2) is 0 Å². The number of hydrogen-bond acceptors (Lipinski definition) is 3. The Hall–Kier alpha value is -0.610. The van der Waals surface area contributed by atoms with Crippen LogP contribution in [-0.4, -0.2) is 48.2 Å². The normalized spacial score (nSPS) is 26.7. The molecule has 0 aromatic rings. The minimum atomic E-state index is -0.820. The van der Waals surface area contributed by atoms with Crippen LogP contribution in [0.1, 0.15) is 20.8 Å². The molecule has 15 heavy (non-hydrogen) atoms. The van der Waals surface area contributed by atoms with Gasteiger partial charge in [0.15, 0.2) is 0 Å². The van der Waals surface area contributed by atoms with E-state index in [2.05, 4.69) is 12.2 Å². The van der Waals surface area contributed by atoms with Gasteiger partial charge in [-0.2, -0.15) is 0 Å². The van der Waals surface area contributed by atoms with Crippen molar-refractivity contribution in [2.24, 2.45) is 11.8 Å². The molecule has 1 amide bonds. The van der Waals surface area contributed by atoms with Crippen LogP contribution in [0.25, 0.3) is 0 Å². The van der Waals surface area contributed by atoms with Gasteiger partial charge >= 0.3 is 0 Å². The molecular weight excluding hydrogens is 192 g/mol. The molecule has 1 saturated heterocycles. The molecule has 1 aliphatic heterocycles. The lowest BCUT2D eigenvalue weighted by atomic mass is 9.96. The van der Waals surface area contributed by atoms with Crippen molar-refractivity contribution in [1.82, 2.24) is 10.2 Å². The number of hydrogen-bond donors (Lipinski definition) is 2. The Labute approximate surface area is 91.6 Å². The molecule has 1 heterocycles. The second-order valence-electron chi connectivity index (χ2n) is 5.25. The van der Waals surface area contributed by atoms with E-state index >= 15 is 0 Å². The van der Waals surface area contributed by atoms with Gasteiger partial charge in [-0.05, 0) is 26.3 Å². The summed E-state index contributed by atoms with van der Waals surface area (Å²) in [6.07, 6.45) is 0. The van der Waals surface area contributed by atoms with E-state index in [1.165, 1.54) is 0 Å². The fourth-order valence-corrected chi connectivity index (χ4v) is 2.08. The molecule has 1 rings (SSSR count). The molecule has 1 fully saturated rings. The lowest BCUT2D eigenvalue weighted by molar-refractivity contribution is -0.137. The first-order valence-corrected chi connectivity index (χ1v) is 5.49. The Morgan fingerprint density at radius 2 is 2.13 bits per heavy atom. The van der Waals surface area contributed by atoms with Crippen molar-refractivity contribution in [3.05, 3.63) is 0 Å². The van der Waals surface area contributed by atoms with Gasteiger partial charge in [0.05, 0.1) is 11.5 Å². The second kappa shape index (κ2) is 4.49. The predicted molar refractivity (Wildman–Crippen MR) is 59.5 cm³/mol. The van der Waals surface area contributed by atoms with Gasteiger partial charge < -0.3 is 15.3 Å². The molecule has 0 spiro atoms. The van der Waals surface area contributed by atoms with E-state index in [1.807, 2.05) is 0 Å². The van der Waals surface area contributed by atoms with Crippen LogP contribution in [0, 0.1) is 11.8 Å². The fraction of sp³-hybridized carbons (Fsp3) is 0.909. The molecule has 4 heteroatoms. The highest BCUT2D eigenvalue weighted by Crippen LogP contribution is 2.18. The number of rotatable bonds is 3. The monoisotopic (exact) mass is 214 g/mol. The Balaban J connectivity index is 2.52. The fourth-order valence-electron chi connectivity index (χ4n) is 2.08. The van der Waals surface area contributed by atoms with Crippen molar-refractivity contribution in [3.8, 4) is 0 Å². The van der Waals surface area contributed by atoms with Crippen LogP contribution in [0.3, 0.4) is 0 Å². The number of likely N-dealkylation sites (N-methyl/N-ethyl adjacent to an activating group) is 1. The van der Waals surface area contributed by atoms with Gasteiger partial charge in [0.2, 0.25) is 5.91 Å². The van der Waals surface area contributed by atoms with Gasteiger partial charge in [-0.15, -0.1) is 0 Å². The molecular formula is C11H22N2O2. The topological polar surface area (TPSA) is 52.6 Å². The Morgan fingerprint density at radius 3 is 2.53 bits per heavy atom. The summed E-state index contributed by atoms with van der Waals surface area (Å²) < 4.78 is 0. The summed E-state index contributed by atoms with van der Waals surface area (Å²) in [6, 6.07) is 0. The van der Waals surface area contributed by atoms with Crippen LogP contribution in [-0.2, 0) is 4.79 Å². The standard InChI is InChI=1S/C11H22N2O2/c1-8-5-12-6-9(8)10(14)13(4)7-11(2,3)15/h8-9,12,15H,5-7H2,1-4H3. The van der Waals surface area contributed by atoms with Gasteiger partial charge in [-0.1, -0.05) is 6.92 Å². The Bertz CT molecular complexity index is 235. The first kappa shape index (κ1) is 12.5. The van der Waals surface area contributed by atoms with Crippen molar-refractivity contribution in [2.45, 2.75) is 26.4 Å². The minimum Gasteiger partial charge on any atom is -0.389 e. The number of carbonyl (C=O) groups excluding carboxylic acids is 1. The van der Waals surface area contributed by atoms with Crippen LogP contribution in [0.5, 0.6) is 0 Å². The van der Waals surface area contributed by atoms with Crippen LogP contribution >= 0.6 is 0 Å². The highest BCUT2D eigenvalue weighted by molar-refractivity contribution is 5.79. The Kier molecular flexibility index (Phi) is 3.73. The van der Waals surface area contributed by atoms with Crippen LogP contribution in [0.4, 0.5) is 0 Å². The summed E-state index contributed by atoms with van der Waals surface area (Å²) in [4.78, 5) is 13.6. The first-order valence-electron chi connectivity index (χ1n) is 5.49. The van der Waals surface area contributed by atoms with Crippen molar-refractivity contribution >= 4 is 5.91 Å². The SMILES string of the molecule is CC1CNCC1C(=O)N(C)CC(C)(C)O. The van der Waals surface area contributed by atoms with E-state index in [0.29, 0.717) is 12.5 Å². The predicted octanol–water partition coefficient (Wildman–Crippen LogP) is 0.0712. The zero-order chi connectivity index (χ0) is 11.6. The maximum absolute atomic E-state index is 12.0. The summed E-state index contributed by atoms with van der Waals surface area (Å²) >= 11 is 0. The summed E-state index contributed by atoms with van der Waals surface area (Å²) in [6.45, 7) is 7.57. The summed E-state index contributed by atoms with van der Waals surface area (Å²) in [7, 11) is 1.76. The second-order valence-corrected chi connectivity index (χ2v) is 5.25. The number of carbonyl (C=O) groups is 1. The molecule has 2 unspecified atom stereocenters. The van der Waals surface area contributed by atoms with Gasteiger partial charge in [0, 0.05) is 20.1 Å². The lowest BCUT2D eigenvalue weighted by Crippen LogP contribution is -2.43. The van der Waals surface area contributed by atoms with Gasteiger partial charge in [0.25, 0.3) is 0 Å². The smallest absolute Gasteiger partial charge is 0.227 e. The molecule has 4 nitrogen and oxygen atoms in total. The molecule has 2 atom stereocenters.